The highest BCUT2D eigenvalue weighted by molar-refractivity contribution is 5.76. The Labute approximate surface area is 152 Å². The number of benzene rings is 1. The molecule has 4 nitrogen and oxygen atoms in total. The molecular weight excluding hydrogens is 310 g/mol. The third-order valence-corrected chi connectivity index (χ3v) is 5.82. The van der Waals surface area contributed by atoms with E-state index in [-0.39, 0.29) is 11.9 Å². The second kappa shape index (κ2) is 8.81. The van der Waals surface area contributed by atoms with Crippen LogP contribution in [-0.2, 0) is 17.6 Å². The normalized spacial score (nSPS) is 20.1. The van der Waals surface area contributed by atoms with Gasteiger partial charge in [0.1, 0.15) is 0 Å². The number of rotatable bonds is 6. The number of nitrogens with zero attached hydrogens (tertiary/aromatic N) is 2. The molecule has 1 saturated heterocycles. The third-order valence-electron chi connectivity index (χ3n) is 5.82. The summed E-state index contributed by atoms with van der Waals surface area (Å²) in [6.45, 7) is 10.7. The fourth-order valence-corrected chi connectivity index (χ4v) is 4.01. The molecule has 0 aromatic heterocycles. The van der Waals surface area contributed by atoms with Crippen LogP contribution >= 0.6 is 0 Å². The molecule has 0 bridgehead atoms. The topological polar surface area (TPSA) is 35.6 Å². The van der Waals surface area contributed by atoms with Crippen LogP contribution in [0.1, 0.15) is 55.8 Å². The molecule has 1 N–H and O–H groups in total. The zero-order valence-corrected chi connectivity index (χ0v) is 15.9. The maximum Gasteiger partial charge on any atom is 0.221 e. The van der Waals surface area contributed by atoms with E-state index in [4.69, 9.17) is 0 Å². The van der Waals surface area contributed by atoms with Gasteiger partial charge in [-0.05, 0) is 55.8 Å². The number of likely N-dealkylation sites (N-methyl/N-ethyl adjacent to an activating group) is 1. The monoisotopic (exact) mass is 343 g/mol. The van der Waals surface area contributed by atoms with Gasteiger partial charge in [-0.3, -0.25) is 4.79 Å². The summed E-state index contributed by atoms with van der Waals surface area (Å²) in [7, 11) is 0. The minimum absolute atomic E-state index is 0.0941. The highest BCUT2D eigenvalue weighted by Crippen LogP contribution is 2.24. The van der Waals surface area contributed by atoms with Crippen molar-refractivity contribution in [1.82, 2.24) is 15.1 Å². The number of nitrogens with one attached hydrogen (secondary N) is 1. The van der Waals surface area contributed by atoms with Gasteiger partial charge in [0.15, 0.2) is 0 Å². The van der Waals surface area contributed by atoms with E-state index < -0.39 is 0 Å². The highest BCUT2D eigenvalue weighted by Gasteiger charge is 2.17. The van der Waals surface area contributed by atoms with Crippen LogP contribution in [0.2, 0.25) is 0 Å². The van der Waals surface area contributed by atoms with Gasteiger partial charge in [0.25, 0.3) is 0 Å². The van der Waals surface area contributed by atoms with Gasteiger partial charge in [-0.2, -0.15) is 0 Å². The lowest BCUT2D eigenvalue weighted by molar-refractivity contribution is -0.122. The number of amides is 1. The van der Waals surface area contributed by atoms with Crippen molar-refractivity contribution in [3.05, 3.63) is 34.9 Å². The van der Waals surface area contributed by atoms with E-state index >= 15 is 0 Å². The van der Waals surface area contributed by atoms with Gasteiger partial charge in [0, 0.05) is 39.1 Å². The first-order chi connectivity index (χ1) is 12.2. The van der Waals surface area contributed by atoms with Gasteiger partial charge in [0.2, 0.25) is 5.91 Å². The van der Waals surface area contributed by atoms with Crippen molar-refractivity contribution in [2.75, 3.05) is 39.3 Å². The quantitative estimate of drug-likeness (QED) is 0.863. The molecule has 1 heterocycles. The number of carbonyl (C=O) groups is 1. The second-order valence-corrected chi connectivity index (χ2v) is 7.55. The van der Waals surface area contributed by atoms with Crippen LogP contribution in [0.15, 0.2) is 18.2 Å². The third kappa shape index (κ3) is 5.05. The van der Waals surface area contributed by atoms with Crippen LogP contribution in [0, 0.1) is 0 Å². The number of piperazine rings is 1. The lowest BCUT2D eigenvalue weighted by Crippen LogP contribution is -2.47. The summed E-state index contributed by atoms with van der Waals surface area (Å²) in [5, 5.41) is 3.19. The molecule has 1 fully saturated rings. The number of aryl methyl sites for hydroxylation is 2. The summed E-state index contributed by atoms with van der Waals surface area (Å²) < 4.78 is 0. The SMILES string of the molecule is CCN1CCN(CCC(=O)N[C@@H](C)c2ccc3c(c2)CCCC3)CC1. The van der Waals surface area contributed by atoms with E-state index in [0.29, 0.717) is 6.42 Å². The second-order valence-electron chi connectivity index (χ2n) is 7.55. The zero-order chi connectivity index (χ0) is 17.6. The Balaban J connectivity index is 1.44. The molecule has 4 heteroatoms. The van der Waals surface area contributed by atoms with E-state index in [1.165, 1.54) is 42.4 Å². The van der Waals surface area contributed by atoms with Gasteiger partial charge in [-0.1, -0.05) is 25.1 Å². The molecule has 0 unspecified atom stereocenters. The zero-order valence-electron chi connectivity index (χ0n) is 15.9. The van der Waals surface area contributed by atoms with Gasteiger partial charge < -0.3 is 15.1 Å². The molecule has 1 aromatic rings. The van der Waals surface area contributed by atoms with Gasteiger partial charge in [0.05, 0.1) is 6.04 Å². The van der Waals surface area contributed by atoms with Crippen molar-refractivity contribution in [2.24, 2.45) is 0 Å². The molecule has 25 heavy (non-hydrogen) atoms. The summed E-state index contributed by atoms with van der Waals surface area (Å²) in [6, 6.07) is 6.86. The summed E-state index contributed by atoms with van der Waals surface area (Å²) in [5.74, 6) is 0.170. The number of hydrogen-bond acceptors (Lipinski definition) is 3. The molecule has 2 aliphatic rings. The maximum absolute atomic E-state index is 12.3. The first-order valence-electron chi connectivity index (χ1n) is 10.0. The summed E-state index contributed by atoms with van der Waals surface area (Å²) >= 11 is 0. The molecule has 1 aliphatic carbocycles. The van der Waals surface area contributed by atoms with Gasteiger partial charge in [-0.25, -0.2) is 0 Å². The van der Waals surface area contributed by atoms with E-state index in [9.17, 15) is 4.79 Å². The Kier molecular flexibility index (Phi) is 6.49. The standard InChI is InChI=1S/C21H33N3O/c1-3-23-12-14-24(15-13-23)11-10-21(25)22-17(2)19-9-8-18-6-4-5-7-20(18)16-19/h8-9,16-17H,3-7,10-15H2,1-2H3,(H,22,25)/t17-/m0/s1. The Morgan fingerprint density at radius 3 is 2.48 bits per heavy atom. The number of hydrogen-bond donors (Lipinski definition) is 1. The van der Waals surface area contributed by atoms with Crippen LogP contribution in [0.3, 0.4) is 0 Å². The predicted octanol–water partition coefficient (Wildman–Crippen LogP) is 2.77. The molecule has 1 aromatic carbocycles. The van der Waals surface area contributed by atoms with E-state index in [2.05, 4.69) is 47.2 Å². The summed E-state index contributed by atoms with van der Waals surface area (Å²) in [5.41, 5.74) is 4.23. The number of fused-ring (bicyclic) bond motifs is 1. The van der Waals surface area contributed by atoms with Crippen LogP contribution < -0.4 is 5.32 Å². The predicted molar refractivity (Wildman–Crippen MR) is 103 cm³/mol. The fraction of sp³-hybridized carbons (Fsp3) is 0.667. The average Bonchev–Trinajstić information content (AvgIpc) is 2.66. The van der Waals surface area contributed by atoms with Crippen molar-refractivity contribution in [1.29, 1.82) is 0 Å². The minimum Gasteiger partial charge on any atom is -0.350 e. The first-order valence-corrected chi connectivity index (χ1v) is 10.0. The maximum atomic E-state index is 12.3. The molecule has 1 amide bonds. The molecule has 0 radical (unpaired) electrons. The Morgan fingerprint density at radius 1 is 1.08 bits per heavy atom. The van der Waals surface area contributed by atoms with E-state index in [0.717, 1.165) is 39.3 Å². The lowest BCUT2D eigenvalue weighted by Gasteiger charge is -2.33. The molecule has 1 aliphatic heterocycles. The summed E-state index contributed by atoms with van der Waals surface area (Å²) in [6.07, 6.45) is 5.60. The van der Waals surface area contributed by atoms with E-state index in [1.54, 1.807) is 0 Å². The molecule has 138 valence electrons. The van der Waals surface area contributed by atoms with Crippen LogP contribution in [0.4, 0.5) is 0 Å². The van der Waals surface area contributed by atoms with Crippen LogP contribution in [0.25, 0.3) is 0 Å². The average molecular weight is 344 g/mol. The van der Waals surface area contributed by atoms with Crippen LogP contribution in [0.5, 0.6) is 0 Å². The molecule has 0 spiro atoms. The molecule has 0 saturated carbocycles. The van der Waals surface area contributed by atoms with E-state index in [1.807, 2.05) is 0 Å². The molecule has 1 atom stereocenters. The first kappa shape index (κ1) is 18.4. The van der Waals surface area contributed by atoms with Gasteiger partial charge >= 0.3 is 0 Å². The summed E-state index contributed by atoms with van der Waals surface area (Å²) in [4.78, 5) is 17.2. The Bertz CT molecular complexity index is 579. The molecular formula is C21H33N3O. The highest BCUT2D eigenvalue weighted by atomic mass is 16.1. The van der Waals surface area contributed by atoms with Crippen LogP contribution in [-0.4, -0.2) is 55.0 Å². The Morgan fingerprint density at radius 2 is 1.76 bits per heavy atom. The minimum atomic E-state index is 0.0941. The van der Waals surface area contributed by atoms with Crippen molar-refractivity contribution < 1.29 is 4.79 Å². The Hall–Kier alpha value is -1.39. The largest absolute Gasteiger partial charge is 0.350 e. The fourth-order valence-electron chi connectivity index (χ4n) is 4.01. The molecule has 3 rings (SSSR count). The number of carbonyl (C=O) groups excluding carboxylic acids is 1. The van der Waals surface area contributed by atoms with Crippen molar-refractivity contribution >= 4 is 5.91 Å². The van der Waals surface area contributed by atoms with Crippen molar-refractivity contribution in [3.63, 3.8) is 0 Å². The van der Waals surface area contributed by atoms with Gasteiger partial charge in [-0.15, -0.1) is 0 Å². The smallest absolute Gasteiger partial charge is 0.221 e. The lowest BCUT2D eigenvalue weighted by atomic mass is 9.89. The van der Waals surface area contributed by atoms with Crippen molar-refractivity contribution in [3.8, 4) is 0 Å². The van der Waals surface area contributed by atoms with Crippen molar-refractivity contribution in [2.45, 2.75) is 52.0 Å².